The van der Waals surface area contributed by atoms with E-state index in [2.05, 4.69) is 34.3 Å². The van der Waals surface area contributed by atoms with Crippen molar-refractivity contribution in [1.29, 1.82) is 0 Å². The van der Waals surface area contributed by atoms with Gasteiger partial charge in [-0.15, -0.1) is 0 Å². The van der Waals surface area contributed by atoms with E-state index in [1.165, 1.54) is 0 Å². The van der Waals surface area contributed by atoms with Crippen LogP contribution in [0.5, 0.6) is 5.75 Å². The van der Waals surface area contributed by atoms with Gasteiger partial charge in [0.25, 0.3) is 5.89 Å². The molecule has 1 unspecified atom stereocenters. The van der Waals surface area contributed by atoms with Gasteiger partial charge in [0.1, 0.15) is 25.1 Å². The summed E-state index contributed by atoms with van der Waals surface area (Å²) in [5.74, 6) is 1.54. The maximum Gasteiger partial charge on any atom is 0.259 e. The third-order valence-electron chi connectivity index (χ3n) is 5.55. The smallest absolute Gasteiger partial charge is 0.259 e. The molecule has 0 fully saturated rings. The van der Waals surface area contributed by atoms with Crippen LogP contribution in [-0.4, -0.2) is 57.1 Å². The van der Waals surface area contributed by atoms with Gasteiger partial charge in [-0.3, -0.25) is 9.78 Å². The fourth-order valence-electron chi connectivity index (χ4n) is 3.75. The maximum atomic E-state index is 11.1. The summed E-state index contributed by atoms with van der Waals surface area (Å²) in [4.78, 5) is 20.3. The maximum absolute atomic E-state index is 11.1. The number of nitrogens with zero attached hydrogens (tertiary/aromatic N) is 3. The number of aliphatic hydroxyl groups is 2. The van der Waals surface area contributed by atoms with E-state index in [0.29, 0.717) is 29.8 Å². The number of aryl methyl sites for hydroxylation is 3. The molecule has 3 rings (SSSR count). The van der Waals surface area contributed by atoms with Gasteiger partial charge in [-0.2, -0.15) is 4.98 Å². The normalized spacial score (nSPS) is 12.1. The van der Waals surface area contributed by atoms with Crippen LogP contribution in [0.4, 0.5) is 0 Å². The first-order chi connectivity index (χ1) is 16.7. The Morgan fingerprint density at radius 1 is 1.17 bits per heavy atom. The van der Waals surface area contributed by atoms with Crippen molar-refractivity contribution in [3.63, 3.8) is 0 Å². The highest BCUT2D eigenvalue weighted by molar-refractivity contribution is 5.76. The SMILES string of the molecule is CCc1cc(-c2noc(-c3cnc(CC(C)C)c(C)c3)n2)cc(C)c1OCC(O)CNC(=O)CO. The number of aromatic nitrogens is 3. The van der Waals surface area contributed by atoms with Gasteiger partial charge in [0, 0.05) is 24.0 Å². The quantitative estimate of drug-likeness (QED) is 0.380. The molecule has 3 N–H and O–H groups in total. The van der Waals surface area contributed by atoms with Crippen LogP contribution in [0.25, 0.3) is 22.8 Å². The molecule has 35 heavy (non-hydrogen) atoms. The minimum absolute atomic E-state index is 0.00357. The summed E-state index contributed by atoms with van der Waals surface area (Å²) in [7, 11) is 0. The number of rotatable bonds is 11. The number of hydrogen-bond donors (Lipinski definition) is 3. The van der Waals surface area contributed by atoms with Crippen molar-refractivity contribution in [2.75, 3.05) is 19.8 Å². The molecular weight excluding hydrogens is 448 g/mol. The van der Waals surface area contributed by atoms with Gasteiger partial charge < -0.3 is 24.8 Å². The van der Waals surface area contributed by atoms with Gasteiger partial charge >= 0.3 is 0 Å². The molecule has 0 saturated carbocycles. The standard InChI is InChI=1S/C26H34N4O5/c1-6-18-10-19(9-17(5)24(18)34-14-21(32)12-28-23(33)13-31)25-29-26(35-30-25)20-8-16(4)22(27-11-20)7-15(2)3/h8-11,15,21,31-32H,6-7,12-14H2,1-5H3,(H,28,33). The topological polar surface area (TPSA) is 131 Å². The molecule has 0 aliphatic rings. The van der Waals surface area contributed by atoms with Gasteiger partial charge in [0.15, 0.2) is 0 Å². The zero-order valence-corrected chi connectivity index (χ0v) is 21.0. The van der Waals surface area contributed by atoms with Crippen molar-refractivity contribution < 1.29 is 24.3 Å². The van der Waals surface area contributed by atoms with Crippen LogP contribution in [0.15, 0.2) is 28.9 Å². The summed E-state index contributed by atoms with van der Waals surface area (Å²) in [5.41, 5.74) is 5.56. The lowest BCUT2D eigenvalue weighted by Crippen LogP contribution is -2.36. The van der Waals surface area contributed by atoms with E-state index in [1.807, 2.05) is 39.0 Å². The van der Waals surface area contributed by atoms with E-state index in [0.717, 1.165) is 39.9 Å². The molecule has 9 nitrogen and oxygen atoms in total. The second-order valence-corrected chi connectivity index (χ2v) is 9.07. The van der Waals surface area contributed by atoms with Crippen molar-refractivity contribution in [2.24, 2.45) is 5.92 Å². The van der Waals surface area contributed by atoms with Crippen LogP contribution in [0, 0.1) is 19.8 Å². The fraction of sp³-hybridized carbons (Fsp3) is 0.462. The Labute approximate surface area is 205 Å². The molecule has 1 atom stereocenters. The molecule has 0 spiro atoms. The van der Waals surface area contributed by atoms with E-state index >= 15 is 0 Å². The van der Waals surface area contributed by atoms with E-state index < -0.39 is 18.6 Å². The van der Waals surface area contributed by atoms with Crippen LogP contribution in [0.3, 0.4) is 0 Å². The Hall–Kier alpha value is -3.30. The Kier molecular flexibility index (Phi) is 8.95. The monoisotopic (exact) mass is 482 g/mol. The molecule has 0 bridgehead atoms. The first-order valence-electron chi connectivity index (χ1n) is 11.8. The predicted molar refractivity (Wildman–Crippen MR) is 132 cm³/mol. The number of ether oxygens (including phenoxy) is 1. The second kappa shape index (κ2) is 11.9. The van der Waals surface area contributed by atoms with Gasteiger partial charge in [0.2, 0.25) is 11.7 Å². The summed E-state index contributed by atoms with van der Waals surface area (Å²) in [6.07, 6.45) is 2.49. The number of carbonyl (C=O) groups excluding carboxylic acids is 1. The molecule has 1 amide bonds. The molecule has 2 aromatic heterocycles. The summed E-state index contributed by atoms with van der Waals surface area (Å²) >= 11 is 0. The zero-order valence-electron chi connectivity index (χ0n) is 21.0. The number of carbonyl (C=O) groups is 1. The Morgan fingerprint density at radius 2 is 1.91 bits per heavy atom. The Morgan fingerprint density at radius 3 is 2.57 bits per heavy atom. The molecule has 188 valence electrons. The summed E-state index contributed by atoms with van der Waals surface area (Å²) in [6, 6.07) is 5.89. The molecule has 0 radical (unpaired) electrons. The average molecular weight is 483 g/mol. The number of pyridine rings is 1. The number of amides is 1. The lowest BCUT2D eigenvalue weighted by Gasteiger charge is -2.17. The third-order valence-corrected chi connectivity index (χ3v) is 5.55. The van der Waals surface area contributed by atoms with Crippen LogP contribution in [0.1, 0.15) is 43.2 Å². The molecule has 0 saturated heterocycles. The summed E-state index contributed by atoms with van der Waals surface area (Å²) < 4.78 is 11.4. The van der Waals surface area contributed by atoms with Gasteiger partial charge in [0.05, 0.1) is 5.56 Å². The van der Waals surface area contributed by atoms with Crippen molar-refractivity contribution in [3.8, 4) is 28.6 Å². The van der Waals surface area contributed by atoms with E-state index in [4.69, 9.17) is 14.4 Å². The second-order valence-electron chi connectivity index (χ2n) is 9.07. The first-order valence-corrected chi connectivity index (χ1v) is 11.8. The van der Waals surface area contributed by atoms with E-state index in [1.54, 1.807) is 6.20 Å². The van der Waals surface area contributed by atoms with Crippen molar-refractivity contribution in [2.45, 2.75) is 53.6 Å². The largest absolute Gasteiger partial charge is 0.490 e. The van der Waals surface area contributed by atoms with E-state index in [-0.39, 0.29) is 13.2 Å². The van der Waals surface area contributed by atoms with Crippen molar-refractivity contribution >= 4 is 5.91 Å². The average Bonchev–Trinajstić information content (AvgIpc) is 3.32. The molecule has 2 heterocycles. The highest BCUT2D eigenvalue weighted by Gasteiger charge is 2.17. The molecular formula is C26H34N4O5. The lowest BCUT2D eigenvalue weighted by molar-refractivity contribution is -0.124. The lowest BCUT2D eigenvalue weighted by atomic mass is 10.0. The highest BCUT2D eigenvalue weighted by Crippen LogP contribution is 2.31. The van der Waals surface area contributed by atoms with Crippen LogP contribution in [0.2, 0.25) is 0 Å². The fourth-order valence-corrected chi connectivity index (χ4v) is 3.75. The molecule has 9 heteroatoms. The van der Waals surface area contributed by atoms with Gasteiger partial charge in [-0.05, 0) is 67.5 Å². The van der Waals surface area contributed by atoms with E-state index in [9.17, 15) is 9.90 Å². The molecule has 3 aromatic rings. The molecule has 0 aliphatic carbocycles. The third kappa shape index (κ3) is 6.86. The summed E-state index contributed by atoms with van der Waals surface area (Å²) in [6.45, 7) is 9.69. The number of nitrogens with one attached hydrogen (secondary N) is 1. The summed E-state index contributed by atoms with van der Waals surface area (Å²) in [5, 5.41) is 25.4. The first kappa shape index (κ1) is 26.3. The number of hydrogen-bond acceptors (Lipinski definition) is 8. The van der Waals surface area contributed by atoms with Crippen LogP contribution in [-0.2, 0) is 17.6 Å². The zero-order chi connectivity index (χ0) is 25.5. The minimum Gasteiger partial charge on any atom is -0.490 e. The van der Waals surface area contributed by atoms with Crippen LogP contribution >= 0.6 is 0 Å². The van der Waals surface area contributed by atoms with Gasteiger partial charge in [-0.25, -0.2) is 0 Å². The van der Waals surface area contributed by atoms with Crippen molar-refractivity contribution in [1.82, 2.24) is 20.4 Å². The number of benzene rings is 1. The number of aliphatic hydroxyl groups excluding tert-OH is 2. The van der Waals surface area contributed by atoms with Crippen LogP contribution < -0.4 is 10.1 Å². The Balaban J connectivity index is 1.76. The Bertz CT molecular complexity index is 1160. The highest BCUT2D eigenvalue weighted by atomic mass is 16.5. The molecule has 1 aromatic carbocycles. The minimum atomic E-state index is -0.905. The van der Waals surface area contributed by atoms with Crippen molar-refractivity contribution in [3.05, 3.63) is 46.8 Å². The van der Waals surface area contributed by atoms with Gasteiger partial charge in [-0.1, -0.05) is 25.9 Å². The predicted octanol–water partition coefficient (Wildman–Crippen LogP) is 3.02. The molecule has 0 aliphatic heterocycles.